The van der Waals surface area contributed by atoms with Gasteiger partial charge in [0, 0.05) is 7.05 Å². The molecule has 3 nitrogen and oxygen atoms in total. The van der Waals surface area contributed by atoms with Crippen LogP contribution in [0.4, 0.5) is 0 Å². The molecule has 2 unspecified atom stereocenters. The minimum Gasteiger partial charge on any atom is -0.330 e. The Balaban J connectivity index is 2.14. The maximum atomic E-state index is 5.83. The molecule has 90 valence electrons. The fourth-order valence-corrected chi connectivity index (χ4v) is 3.34. The molecule has 1 aliphatic carbocycles. The van der Waals surface area contributed by atoms with Gasteiger partial charge in [-0.25, -0.2) is 0 Å². The van der Waals surface area contributed by atoms with E-state index in [2.05, 4.69) is 21.0 Å². The Bertz CT molecular complexity index is 373. The topological polar surface area (TPSA) is 43.8 Å². The van der Waals surface area contributed by atoms with Crippen molar-refractivity contribution in [3.05, 3.63) is 15.9 Å². The molecule has 1 fully saturated rings. The van der Waals surface area contributed by atoms with Gasteiger partial charge in [0.25, 0.3) is 0 Å². The first-order chi connectivity index (χ1) is 7.63. The van der Waals surface area contributed by atoms with Crippen LogP contribution < -0.4 is 5.73 Å². The predicted octanol–water partition coefficient (Wildman–Crippen LogP) is 2.41. The molecule has 0 amide bonds. The van der Waals surface area contributed by atoms with Gasteiger partial charge in [0.15, 0.2) is 0 Å². The second kappa shape index (κ2) is 4.88. The lowest BCUT2D eigenvalue weighted by molar-refractivity contribution is 0.385. The van der Waals surface area contributed by atoms with Gasteiger partial charge in [-0.1, -0.05) is 6.42 Å². The molecule has 1 aromatic heterocycles. The van der Waals surface area contributed by atoms with Crippen LogP contribution >= 0.6 is 15.9 Å². The lowest BCUT2D eigenvalue weighted by atomic mass is 9.91. The number of nitrogens with two attached hydrogens (primary N) is 1. The molecule has 1 heterocycles. The smallest absolute Gasteiger partial charge is 0.0738 e. The van der Waals surface area contributed by atoms with E-state index in [0.717, 1.165) is 24.6 Å². The lowest BCUT2D eigenvalue weighted by Crippen LogP contribution is -2.21. The molecule has 0 saturated heterocycles. The predicted molar refractivity (Wildman–Crippen MR) is 69.2 cm³/mol. The Hall–Kier alpha value is -0.350. The van der Waals surface area contributed by atoms with Crippen molar-refractivity contribution in [1.82, 2.24) is 9.78 Å². The molecule has 4 heteroatoms. The number of hydrogen-bond donors (Lipinski definition) is 1. The highest BCUT2D eigenvalue weighted by molar-refractivity contribution is 9.10. The lowest BCUT2D eigenvalue weighted by Gasteiger charge is -2.17. The summed E-state index contributed by atoms with van der Waals surface area (Å²) in [6.07, 6.45) is 5.06. The van der Waals surface area contributed by atoms with Crippen molar-refractivity contribution < 1.29 is 0 Å². The van der Waals surface area contributed by atoms with Gasteiger partial charge < -0.3 is 5.73 Å². The van der Waals surface area contributed by atoms with E-state index in [1.54, 1.807) is 0 Å². The zero-order valence-electron chi connectivity index (χ0n) is 10.0. The first-order valence-electron chi connectivity index (χ1n) is 6.01. The van der Waals surface area contributed by atoms with Crippen LogP contribution in [0.5, 0.6) is 0 Å². The molecule has 0 radical (unpaired) electrons. The van der Waals surface area contributed by atoms with E-state index in [0.29, 0.717) is 5.92 Å². The largest absolute Gasteiger partial charge is 0.330 e. The minimum absolute atomic E-state index is 0.710. The molecule has 1 aliphatic rings. The summed E-state index contributed by atoms with van der Waals surface area (Å²) in [6, 6.07) is 0. The second-order valence-electron chi connectivity index (χ2n) is 4.86. The Labute approximate surface area is 106 Å². The van der Waals surface area contributed by atoms with Gasteiger partial charge in [-0.2, -0.15) is 5.10 Å². The number of nitrogens with zero attached hydrogens (tertiary/aromatic N) is 2. The summed E-state index contributed by atoms with van der Waals surface area (Å²) in [7, 11) is 2.03. The summed E-state index contributed by atoms with van der Waals surface area (Å²) < 4.78 is 3.18. The Morgan fingerprint density at radius 3 is 2.69 bits per heavy atom. The van der Waals surface area contributed by atoms with Crippen molar-refractivity contribution in [2.75, 3.05) is 6.54 Å². The van der Waals surface area contributed by atoms with Gasteiger partial charge in [-0.3, -0.25) is 4.68 Å². The maximum absolute atomic E-state index is 5.83. The van der Waals surface area contributed by atoms with E-state index in [4.69, 9.17) is 5.73 Å². The monoisotopic (exact) mass is 285 g/mol. The van der Waals surface area contributed by atoms with Crippen LogP contribution in [0.15, 0.2) is 4.47 Å². The fraction of sp³-hybridized carbons (Fsp3) is 0.750. The van der Waals surface area contributed by atoms with E-state index in [9.17, 15) is 0 Å². The van der Waals surface area contributed by atoms with Crippen molar-refractivity contribution in [3.8, 4) is 0 Å². The fourth-order valence-electron chi connectivity index (χ4n) is 2.84. The van der Waals surface area contributed by atoms with Gasteiger partial charge in [0.1, 0.15) is 0 Å². The first kappa shape index (κ1) is 12.1. The van der Waals surface area contributed by atoms with Crippen LogP contribution in [-0.2, 0) is 13.5 Å². The van der Waals surface area contributed by atoms with Crippen LogP contribution in [0.3, 0.4) is 0 Å². The molecule has 0 aromatic carbocycles. The van der Waals surface area contributed by atoms with E-state index in [1.807, 2.05) is 18.7 Å². The molecule has 0 spiro atoms. The highest BCUT2D eigenvalue weighted by Crippen LogP contribution is 2.35. The number of aryl methyl sites for hydroxylation is 2. The summed E-state index contributed by atoms with van der Waals surface area (Å²) in [5.74, 6) is 1.46. The average Bonchev–Trinajstić information content (AvgIpc) is 2.79. The van der Waals surface area contributed by atoms with Gasteiger partial charge >= 0.3 is 0 Å². The molecular formula is C12H20BrN3. The Morgan fingerprint density at radius 2 is 2.12 bits per heavy atom. The maximum Gasteiger partial charge on any atom is 0.0738 e. The van der Waals surface area contributed by atoms with Gasteiger partial charge in [0.2, 0.25) is 0 Å². The highest BCUT2D eigenvalue weighted by atomic mass is 79.9. The number of aromatic nitrogens is 2. The highest BCUT2D eigenvalue weighted by Gasteiger charge is 2.28. The van der Waals surface area contributed by atoms with E-state index in [1.165, 1.54) is 29.4 Å². The first-order valence-corrected chi connectivity index (χ1v) is 6.80. The van der Waals surface area contributed by atoms with Crippen molar-refractivity contribution in [2.45, 2.75) is 32.6 Å². The molecule has 1 saturated carbocycles. The Morgan fingerprint density at radius 1 is 1.44 bits per heavy atom. The van der Waals surface area contributed by atoms with Crippen LogP contribution in [0, 0.1) is 18.8 Å². The van der Waals surface area contributed by atoms with Crippen LogP contribution in [-0.4, -0.2) is 16.3 Å². The standard InChI is InChI=1S/C12H20BrN3/c1-8-12(13)11(16(2)15-8)6-9-4-3-5-10(9)7-14/h9-10H,3-7,14H2,1-2H3. The van der Waals surface area contributed by atoms with Crippen LogP contribution in [0.25, 0.3) is 0 Å². The van der Waals surface area contributed by atoms with Crippen molar-refractivity contribution in [2.24, 2.45) is 24.6 Å². The Kier molecular flexibility index (Phi) is 3.70. The molecular weight excluding hydrogens is 266 g/mol. The normalized spacial score (nSPS) is 25.2. The van der Waals surface area contributed by atoms with Gasteiger partial charge in [0.05, 0.1) is 15.9 Å². The van der Waals surface area contributed by atoms with Gasteiger partial charge in [-0.05, 0) is 60.5 Å². The summed E-state index contributed by atoms with van der Waals surface area (Å²) in [5, 5.41) is 4.44. The number of halogens is 1. The van der Waals surface area contributed by atoms with Gasteiger partial charge in [-0.15, -0.1) is 0 Å². The minimum atomic E-state index is 0.710. The molecule has 0 bridgehead atoms. The van der Waals surface area contributed by atoms with E-state index >= 15 is 0 Å². The zero-order valence-corrected chi connectivity index (χ0v) is 11.6. The molecule has 2 rings (SSSR count). The second-order valence-corrected chi connectivity index (χ2v) is 5.65. The molecule has 1 aromatic rings. The summed E-state index contributed by atoms with van der Waals surface area (Å²) in [5.41, 5.74) is 8.23. The van der Waals surface area contributed by atoms with Crippen molar-refractivity contribution >= 4 is 15.9 Å². The van der Waals surface area contributed by atoms with Crippen molar-refractivity contribution in [3.63, 3.8) is 0 Å². The third kappa shape index (κ3) is 2.18. The number of hydrogen-bond acceptors (Lipinski definition) is 2. The van der Waals surface area contributed by atoms with Crippen molar-refractivity contribution in [1.29, 1.82) is 0 Å². The molecule has 16 heavy (non-hydrogen) atoms. The molecule has 2 N–H and O–H groups in total. The molecule has 0 aliphatic heterocycles. The average molecular weight is 286 g/mol. The third-order valence-corrected chi connectivity index (χ3v) is 4.87. The summed E-state index contributed by atoms with van der Waals surface area (Å²) in [4.78, 5) is 0. The zero-order chi connectivity index (χ0) is 11.7. The van der Waals surface area contributed by atoms with Crippen LogP contribution in [0.2, 0.25) is 0 Å². The molecule has 2 atom stereocenters. The summed E-state index contributed by atoms with van der Waals surface area (Å²) in [6.45, 7) is 2.88. The van der Waals surface area contributed by atoms with E-state index < -0.39 is 0 Å². The summed E-state index contributed by atoms with van der Waals surface area (Å²) >= 11 is 3.64. The van der Waals surface area contributed by atoms with Crippen LogP contribution in [0.1, 0.15) is 30.7 Å². The van der Waals surface area contributed by atoms with E-state index in [-0.39, 0.29) is 0 Å². The third-order valence-electron chi connectivity index (χ3n) is 3.84. The quantitative estimate of drug-likeness (QED) is 0.927. The SMILES string of the molecule is Cc1nn(C)c(CC2CCCC2CN)c1Br. The number of rotatable bonds is 3.